The van der Waals surface area contributed by atoms with Gasteiger partial charge in [0, 0.05) is 12.1 Å². The number of hydrogen-bond acceptors (Lipinski definition) is 5. The summed E-state index contributed by atoms with van der Waals surface area (Å²) in [5.41, 5.74) is 2.32. The highest BCUT2D eigenvalue weighted by Gasteiger charge is 2.15. The number of aryl methyl sites for hydroxylation is 2. The van der Waals surface area contributed by atoms with Crippen LogP contribution in [0.2, 0.25) is 0 Å². The Balaban J connectivity index is 1.86. The largest absolute Gasteiger partial charge is 0.445 e. The molecule has 0 atom stereocenters. The van der Waals surface area contributed by atoms with E-state index in [0.717, 1.165) is 28.8 Å². The molecule has 0 aliphatic heterocycles. The quantitative estimate of drug-likeness (QED) is 0.669. The second-order valence-corrected chi connectivity index (χ2v) is 5.96. The van der Waals surface area contributed by atoms with Crippen molar-refractivity contribution in [2.45, 2.75) is 38.2 Å². The van der Waals surface area contributed by atoms with Gasteiger partial charge in [-0.05, 0) is 26.3 Å². The van der Waals surface area contributed by atoms with Crippen LogP contribution in [0, 0.1) is 13.8 Å². The summed E-state index contributed by atoms with van der Waals surface area (Å²) in [5, 5.41) is 9.60. The van der Waals surface area contributed by atoms with Crippen molar-refractivity contribution in [1.29, 1.82) is 0 Å². The third-order valence-electron chi connectivity index (χ3n) is 3.41. The number of nitrogens with zero attached hydrogens (tertiary/aromatic N) is 4. The van der Waals surface area contributed by atoms with E-state index in [-0.39, 0.29) is 0 Å². The maximum Gasteiger partial charge on any atom is 0.204 e. The predicted octanol–water partition coefficient (Wildman–Crippen LogP) is 3.86. The van der Waals surface area contributed by atoms with Gasteiger partial charge in [0.1, 0.15) is 5.76 Å². The number of thioether (sulfide) groups is 1. The summed E-state index contributed by atoms with van der Waals surface area (Å²) in [5.74, 6) is 3.10. The molecular formula is C16H18N4OS. The molecule has 0 amide bonds. The summed E-state index contributed by atoms with van der Waals surface area (Å²) < 4.78 is 7.63. The van der Waals surface area contributed by atoms with Crippen molar-refractivity contribution in [1.82, 2.24) is 19.7 Å². The summed E-state index contributed by atoms with van der Waals surface area (Å²) in [6.45, 7) is 6.91. The SMILES string of the molecule is CCn1c(SCc2ncc(C)o2)nnc1-c1ccccc1C. The number of rotatable bonds is 5. The molecule has 3 rings (SSSR count). The number of hydrogen-bond donors (Lipinski definition) is 0. The lowest BCUT2D eigenvalue weighted by molar-refractivity contribution is 0.490. The Labute approximate surface area is 133 Å². The zero-order chi connectivity index (χ0) is 15.5. The van der Waals surface area contributed by atoms with Gasteiger partial charge in [-0.3, -0.25) is 0 Å². The highest BCUT2D eigenvalue weighted by molar-refractivity contribution is 7.98. The molecule has 114 valence electrons. The standard InChI is InChI=1S/C16H18N4OS/c1-4-20-15(13-8-6-5-7-11(13)2)18-19-16(20)22-10-14-17-9-12(3)21-14/h5-9H,4,10H2,1-3H3. The Morgan fingerprint density at radius 2 is 2.00 bits per heavy atom. The van der Waals surface area contributed by atoms with Crippen LogP contribution < -0.4 is 0 Å². The fraction of sp³-hybridized carbons (Fsp3) is 0.312. The second kappa shape index (κ2) is 6.36. The molecule has 0 unspecified atom stereocenters. The lowest BCUT2D eigenvalue weighted by Gasteiger charge is -2.08. The van der Waals surface area contributed by atoms with Crippen LogP contribution in [0.15, 0.2) is 40.0 Å². The van der Waals surface area contributed by atoms with E-state index in [1.807, 2.05) is 19.1 Å². The fourth-order valence-electron chi connectivity index (χ4n) is 2.30. The van der Waals surface area contributed by atoms with Crippen molar-refractivity contribution in [3.8, 4) is 11.4 Å². The molecule has 3 aromatic rings. The third-order valence-corrected chi connectivity index (χ3v) is 4.36. The molecule has 0 saturated heterocycles. The number of aromatic nitrogens is 4. The minimum atomic E-state index is 0.653. The van der Waals surface area contributed by atoms with Crippen LogP contribution >= 0.6 is 11.8 Å². The molecule has 0 bridgehead atoms. The summed E-state index contributed by atoms with van der Waals surface area (Å²) in [4.78, 5) is 4.22. The second-order valence-electron chi connectivity index (χ2n) is 5.02. The first kappa shape index (κ1) is 14.8. The fourth-order valence-corrected chi connectivity index (χ4v) is 3.15. The average molecular weight is 314 g/mol. The Morgan fingerprint density at radius 1 is 1.18 bits per heavy atom. The van der Waals surface area contributed by atoms with E-state index in [9.17, 15) is 0 Å². The lowest BCUT2D eigenvalue weighted by atomic mass is 10.1. The zero-order valence-corrected chi connectivity index (χ0v) is 13.7. The van der Waals surface area contributed by atoms with Gasteiger partial charge in [-0.15, -0.1) is 10.2 Å². The molecule has 6 heteroatoms. The lowest BCUT2D eigenvalue weighted by Crippen LogP contribution is -2.00. The van der Waals surface area contributed by atoms with Gasteiger partial charge in [-0.25, -0.2) is 4.98 Å². The van der Waals surface area contributed by atoms with E-state index in [1.165, 1.54) is 5.56 Å². The van der Waals surface area contributed by atoms with Crippen LogP contribution in [0.3, 0.4) is 0 Å². The van der Waals surface area contributed by atoms with Crippen LogP contribution in [0.5, 0.6) is 0 Å². The van der Waals surface area contributed by atoms with Gasteiger partial charge in [-0.2, -0.15) is 0 Å². The highest BCUT2D eigenvalue weighted by Crippen LogP contribution is 2.27. The minimum Gasteiger partial charge on any atom is -0.445 e. The summed E-state index contributed by atoms with van der Waals surface area (Å²) in [6, 6.07) is 8.23. The highest BCUT2D eigenvalue weighted by atomic mass is 32.2. The topological polar surface area (TPSA) is 56.7 Å². The van der Waals surface area contributed by atoms with Gasteiger partial charge in [0.05, 0.1) is 11.9 Å². The van der Waals surface area contributed by atoms with Crippen LogP contribution in [-0.2, 0) is 12.3 Å². The number of benzene rings is 1. The van der Waals surface area contributed by atoms with Gasteiger partial charge < -0.3 is 8.98 Å². The molecule has 0 aliphatic rings. The average Bonchev–Trinajstić information content (AvgIpc) is 3.11. The smallest absolute Gasteiger partial charge is 0.204 e. The Morgan fingerprint density at radius 3 is 2.68 bits per heavy atom. The molecule has 2 aromatic heterocycles. The predicted molar refractivity (Wildman–Crippen MR) is 86.7 cm³/mol. The van der Waals surface area contributed by atoms with Gasteiger partial charge in [0.25, 0.3) is 0 Å². The maximum atomic E-state index is 5.50. The molecule has 0 saturated carbocycles. The normalized spacial score (nSPS) is 11.0. The first-order chi connectivity index (χ1) is 10.7. The molecule has 0 spiro atoms. The van der Waals surface area contributed by atoms with Crippen LogP contribution in [0.1, 0.15) is 24.1 Å². The van der Waals surface area contributed by atoms with E-state index in [1.54, 1.807) is 18.0 Å². The van der Waals surface area contributed by atoms with Crippen molar-refractivity contribution in [3.05, 3.63) is 47.7 Å². The van der Waals surface area contributed by atoms with E-state index in [4.69, 9.17) is 4.42 Å². The molecule has 0 N–H and O–H groups in total. The molecular weight excluding hydrogens is 296 g/mol. The molecule has 0 aliphatic carbocycles. The van der Waals surface area contributed by atoms with Crippen molar-refractivity contribution >= 4 is 11.8 Å². The van der Waals surface area contributed by atoms with Crippen LogP contribution in [0.25, 0.3) is 11.4 Å². The summed E-state index contributed by atoms with van der Waals surface area (Å²) in [6.07, 6.45) is 1.74. The minimum absolute atomic E-state index is 0.653. The molecule has 0 fully saturated rings. The Bertz CT molecular complexity index is 778. The zero-order valence-electron chi connectivity index (χ0n) is 12.9. The Hall–Kier alpha value is -2.08. The Kier molecular flexibility index (Phi) is 4.29. The van der Waals surface area contributed by atoms with Crippen LogP contribution in [-0.4, -0.2) is 19.7 Å². The first-order valence-electron chi connectivity index (χ1n) is 7.22. The number of oxazole rings is 1. The maximum absolute atomic E-state index is 5.50. The van der Waals surface area contributed by atoms with Crippen molar-refractivity contribution in [2.24, 2.45) is 0 Å². The molecule has 22 heavy (non-hydrogen) atoms. The first-order valence-corrected chi connectivity index (χ1v) is 8.21. The monoisotopic (exact) mass is 314 g/mol. The van der Waals surface area contributed by atoms with E-state index in [2.05, 4.69) is 45.7 Å². The van der Waals surface area contributed by atoms with E-state index < -0.39 is 0 Å². The van der Waals surface area contributed by atoms with Crippen molar-refractivity contribution in [2.75, 3.05) is 0 Å². The summed E-state index contributed by atoms with van der Waals surface area (Å²) in [7, 11) is 0. The molecule has 5 nitrogen and oxygen atoms in total. The van der Waals surface area contributed by atoms with Gasteiger partial charge >= 0.3 is 0 Å². The summed E-state index contributed by atoms with van der Waals surface area (Å²) >= 11 is 1.59. The molecule has 1 aromatic carbocycles. The van der Waals surface area contributed by atoms with Crippen molar-refractivity contribution < 1.29 is 4.42 Å². The van der Waals surface area contributed by atoms with Crippen molar-refractivity contribution in [3.63, 3.8) is 0 Å². The third kappa shape index (κ3) is 2.92. The van der Waals surface area contributed by atoms with Gasteiger partial charge in [0.2, 0.25) is 5.89 Å². The molecule has 2 heterocycles. The van der Waals surface area contributed by atoms with E-state index >= 15 is 0 Å². The van der Waals surface area contributed by atoms with Crippen LogP contribution in [0.4, 0.5) is 0 Å². The van der Waals surface area contributed by atoms with Gasteiger partial charge in [0.15, 0.2) is 11.0 Å². The van der Waals surface area contributed by atoms with Gasteiger partial charge in [-0.1, -0.05) is 36.0 Å². The van der Waals surface area contributed by atoms with E-state index in [0.29, 0.717) is 11.6 Å². The molecule has 0 radical (unpaired) electrons.